The first-order valence-corrected chi connectivity index (χ1v) is 17.5. The molecule has 4 aromatic rings. The molecule has 2 aliphatic carbocycles. The summed E-state index contributed by atoms with van der Waals surface area (Å²) in [4.78, 5) is 60.0. The molecule has 9 heteroatoms. The number of allylic oxidation sites excluding steroid dienone is 2. The van der Waals surface area contributed by atoms with E-state index in [2.05, 4.69) is 5.43 Å². The van der Waals surface area contributed by atoms with Gasteiger partial charge in [-0.15, -0.1) is 0 Å². The van der Waals surface area contributed by atoms with Crippen molar-refractivity contribution in [3.8, 4) is 11.5 Å². The molecule has 4 amide bonds. The number of carbonyl (C=O) groups excluding carboxylic acids is 4. The van der Waals surface area contributed by atoms with Crippen LogP contribution >= 0.6 is 0 Å². The van der Waals surface area contributed by atoms with Gasteiger partial charge in [-0.25, -0.2) is 0 Å². The molecule has 0 spiro atoms. The molecular formula is C42H39N3O6. The molecule has 1 saturated carbocycles. The number of hydrogen-bond acceptors (Lipinski definition) is 7. The van der Waals surface area contributed by atoms with Gasteiger partial charge in [0.05, 0.1) is 41.7 Å². The monoisotopic (exact) mass is 681 g/mol. The molecule has 2 saturated heterocycles. The number of ether oxygens (including phenoxy) is 1. The molecular weight excluding hydrogens is 642 g/mol. The first-order valence-electron chi connectivity index (χ1n) is 17.5. The maximum absolute atomic E-state index is 15.3. The average Bonchev–Trinajstić information content (AvgIpc) is 3.54. The van der Waals surface area contributed by atoms with E-state index in [1.165, 1.54) is 18.1 Å². The van der Waals surface area contributed by atoms with Crippen molar-refractivity contribution in [2.75, 3.05) is 17.4 Å². The Bertz CT molecular complexity index is 2090. The third kappa shape index (κ3) is 4.82. The normalized spacial score (nSPS) is 26.8. The van der Waals surface area contributed by atoms with Crippen LogP contribution in [0.15, 0.2) is 109 Å². The van der Waals surface area contributed by atoms with E-state index in [1.807, 2.05) is 98.8 Å². The maximum atomic E-state index is 15.3. The molecule has 2 aliphatic heterocycles. The fraction of sp³-hybridized carbons (Fsp3) is 0.286. The van der Waals surface area contributed by atoms with Crippen LogP contribution in [0.25, 0.3) is 0 Å². The number of hydrazine groups is 1. The molecule has 9 nitrogen and oxygen atoms in total. The number of fused-ring (bicyclic) bond motifs is 4. The summed E-state index contributed by atoms with van der Waals surface area (Å²) in [6.07, 6.45) is 3.27. The molecule has 4 aromatic carbocycles. The van der Waals surface area contributed by atoms with Gasteiger partial charge in [-0.1, -0.05) is 78.7 Å². The zero-order valence-corrected chi connectivity index (χ0v) is 28.7. The van der Waals surface area contributed by atoms with Gasteiger partial charge in [0, 0.05) is 11.5 Å². The SMILES string of the molecule is CCc1ccc(N2C(=O)[C@H]3[C@H](CC=C4[C@H]3C[C@H]3C(=O)N(Nc5ccc(C)cc5)C(=O)[C@@]3(c3ccccc3)[C@H]4c3cc(OC)ccc3O)C2=O)cc1. The summed E-state index contributed by atoms with van der Waals surface area (Å²) in [5.74, 6) is -4.73. The molecule has 0 aromatic heterocycles. The smallest absolute Gasteiger partial charge is 0.260 e. The Morgan fingerprint density at radius 3 is 2.27 bits per heavy atom. The maximum Gasteiger partial charge on any atom is 0.260 e. The Hall–Kier alpha value is -5.70. The molecule has 0 radical (unpaired) electrons. The Balaban J connectivity index is 1.32. The van der Waals surface area contributed by atoms with Crippen molar-refractivity contribution in [1.29, 1.82) is 0 Å². The van der Waals surface area contributed by atoms with E-state index in [0.29, 0.717) is 28.3 Å². The van der Waals surface area contributed by atoms with Gasteiger partial charge in [0.1, 0.15) is 11.5 Å². The van der Waals surface area contributed by atoms with Crippen LogP contribution in [0.3, 0.4) is 0 Å². The second kappa shape index (κ2) is 12.3. The van der Waals surface area contributed by atoms with Gasteiger partial charge >= 0.3 is 0 Å². The number of rotatable bonds is 7. The van der Waals surface area contributed by atoms with Crippen LogP contribution in [0.2, 0.25) is 0 Å². The number of methoxy groups -OCH3 is 1. The molecule has 51 heavy (non-hydrogen) atoms. The molecule has 3 fully saturated rings. The summed E-state index contributed by atoms with van der Waals surface area (Å²) >= 11 is 0. The zero-order chi connectivity index (χ0) is 35.6. The van der Waals surface area contributed by atoms with Crippen LogP contribution < -0.4 is 15.1 Å². The number of benzene rings is 4. The van der Waals surface area contributed by atoms with E-state index in [9.17, 15) is 19.5 Å². The summed E-state index contributed by atoms with van der Waals surface area (Å²) in [5, 5.41) is 12.7. The van der Waals surface area contributed by atoms with Crippen molar-refractivity contribution in [1.82, 2.24) is 5.01 Å². The Morgan fingerprint density at radius 2 is 1.59 bits per heavy atom. The van der Waals surface area contributed by atoms with E-state index in [4.69, 9.17) is 4.74 Å². The molecule has 2 heterocycles. The largest absolute Gasteiger partial charge is 0.508 e. The minimum Gasteiger partial charge on any atom is -0.508 e. The van der Waals surface area contributed by atoms with Crippen LogP contribution in [-0.4, -0.2) is 40.9 Å². The topological polar surface area (TPSA) is 116 Å². The average molecular weight is 682 g/mol. The van der Waals surface area contributed by atoms with Crippen molar-refractivity contribution >= 4 is 35.0 Å². The Kier molecular flexibility index (Phi) is 7.81. The predicted octanol–water partition coefficient (Wildman–Crippen LogP) is 6.46. The molecule has 2 N–H and O–H groups in total. The third-order valence-electron chi connectivity index (χ3n) is 11.5. The van der Waals surface area contributed by atoms with E-state index >= 15 is 4.79 Å². The van der Waals surface area contributed by atoms with E-state index < -0.39 is 46.8 Å². The van der Waals surface area contributed by atoms with Gasteiger partial charge in [0.2, 0.25) is 11.8 Å². The molecule has 4 aliphatic rings. The van der Waals surface area contributed by atoms with Gasteiger partial charge in [-0.3, -0.25) is 29.5 Å². The van der Waals surface area contributed by atoms with E-state index in [0.717, 1.165) is 28.1 Å². The Labute approximate surface area is 296 Å². The standard InChI is InChI=1S/C42H39N3O6/c1-4-25-12-16-28(17-13-25)44-38(47)31-20-19-30-32(36(31)40(44)49)23-34-39(48)45(43-27-14-10-24(2)11-15-27)41(50)42(34,26-8-6-5-7-9-26)37(30)33-22-29(51-3)18-21-35(33)46/h5-19,21-22,31-32,34,36-37,43,46H,4,20,23H2,1-3H3/t31-,32+,34-,36-,37+,42+/m0/s1. The highest BCUT2D eigenvalue weighted by molar-refractivity contribution is 6.22. The summed E-state index contributed by atoms with van der Waals surface area (Å²) in [6.45, 7) is 4.00. The quantitative estimate of drug-likeness (QED) is 0.170. The van der Waals surface area contributed by atoms with E-state index in [-0.39, 0.29) is 30.4 Å². The first-order chi connectivity index (χ1) is 24.7. The number of hydrogen-bond donors (Lipinski definition) is 2. The van der Waals surface area contributed by atoms with Crippen molar-refractivity contribution in [3.63, 3.8) is 0 Å². The van der Waals surface area contributed by atoms with Gasteiger partial charge in [0.25, 0.3) is 11.8 Å². The van der Waals surface area contributed by atoms with Gasteiger partial charge < -0.3 is 9.84 Å². The number of phenolic OH excluding ortho intramolecular Hbond substituents is 1. The van der Waals surface area contributed by atoms with Gasteiger partial charge in [-0.2, -0.15) is 5.01 Å². The number of nitrogens with one attached hydrogen (secondary N) is 1. The number of nitrogens with zero attached hydrogens (tertiary/aromatic N) is 2. The van der Waals surface area contributed by atoms with Crippen LogP contribution in [0.1, 0.15) is 47.9 Å². The van der Waals surface area contributed by atoms with Gasteiger partial charge in [0.15, 0.2) is 0 Å². The highest BCUT2D eigenvalue weighted by atomic mass is 16.5. The zero-order valence-electron chi connectivity index (χ0n) is 28.7. The number of aromatic hydroxyl groups is 1. The minimum absolute atomic E-state index is 0.0600. The van der Waals surface area contributed by atoms with Crippen LogP contribution in [0.5, 0.6) is 11.5 Å². The summed E-state index contributed by atoms with van der Waals surface area (Å²) in [6, 6.07) is 29.1. The molecule has 258 valence electrons. The molecule has 0 unspecified atom stereocenters. The number of carbonyl (C=O) groups is 4. The lowest BCUT2D eigenvalue weighted by Gasteiger charge is -2.50. The van der Waals surface area contributed by atoms with Crippen LogP contribution in [0, 0.1) is 30.6 Å². The number of phenols is 1. The summed E-state index contributed by atoms with van der Waals surface area (Å²) in [7, 11) is 1.53. The number of aryl methyl sites for hydroxylation is 2. The fourth-order valence-corrected chi connectivity index (χ4v) is 9.12. The number of anilines is 2. The molecule has 6 atom stereocenters. The second-order valence-corrected chi connectivity index (χ2v) is 14.0. The van der Waals surface area contributed by atoms with E-state index in [1.54, 1.807) is 12.1 Å². The van der Waals surface area contributed by atoms with Crippen molar-refractivity contribution in [2.45, 2.75) is 44.4 Å². The van der Waals surface area contributed by atoms with Crippen LogP contribution in [-0.2, 0) is 31.0 Å². The van der Waals surface area contributed by atoms with Crippen LogP contribution in [0.4, 0.5) is 11.4 Å². The highest BCUT2D eigenvalue weighted by Gasteiger charge is 2.70. The first kappa shape index (κ1) is 32.5. The molecule has 8 rings (SSSR count). The lowest BCUT2D eigenvalue weighted by atomic mass is 9.49. The Morgan fingerprint density at radius 1 is 0.863 bits per heavy atom. The molecule has 0 bridgehead atoms. The predicted molar refractivity (Wildman–Crippen MR) is 192 cm³/mol. The second-order valence-electron chi connectivity index (χ2n) is 14.0. The van der Waals surface area contributed by atoms with Crippen molar-refractivity contribution in [3.05, 3.63) is 131 Å². The minimum atomic E-state index is -1.49. The highest BCUT2D eigenvalue weighted by Crippen LogP contribution is 2.65. The van der Waals surface area contributed by atoms with Crippen molar-refractivity contribution in [2.24, 2.45) is 23.7 Å². The summed E-state index contributed by atoms with van der Waals surface area (Å²) < 4.78 is 5.61. The number of amides is 4. The fourth-order valence-electron chi connectivity index (χ4n) is 9.12. The third-order valence-corrected chi connectivity index (χ3v) is 11.5. The number of imide groups is 2. The lowest BCUT2D eigenvalue weighted by molar-refractivity contribution is -0.138. The van der Waals surface area contributed by atoms with Gasteiger partial charge in [-0.05, 0) is 85.7 Å². The lowest BCUT2D eigenvalue weighted by Crippen LogP contribution is -2.53. The van der Waals surface area contributed by atoms with Crippen molar-refractivity contribution < 1.29 is 29.0 Å². The summed E-state index contributed by atoms with van der Waals surface area (Å²) in [5.41, 5.74) is 6.64.